The van der Waals surface area contributed by atoms with Gasteiger partial charge < -0.3 is 9.05 Å². The quantitative estimate of drug-likeness (QED) is 0.818. The van der Waals surface area contributed by atoms with Crippen LogP contribution in [0.1, 0.15) is 0 Å². The second kappa shape index (κ2) is 5.13. The van der Waals surface area contributed by atoms with Crippen molar-refractivity contribution in [2.75, 3.05) is 0 Å². The van der Waals surface area contributed by atoms with E-state index in [9.17, 15) is 0 Å². The molecule has 2 heterocycles. The van der Waals surface area contributed by atoms with Crippen LogP contribution >= 0.6 is 6.64 Å². The molecule has 0 aliphatic carbocycles. The van der Waals surface area contributed by atoms with E-state index < -0.39 is 6.64 Å². The largest absolute Gasteiger partial charge is 0.406 e. The zero-order valence-corrected chi connectivity index (χ0v) is 10.2. The number of nitrogens with two attached hydrogens (primary N) is 1. The molecular weight excluding hydrogens is 261 g/mol. The molecular formula is C8H8N5O2PS. The highest BCUT2D eigenvalue weighted by molar-refractivity contribution is 8.09. The minimum Gasteiger partial charge on any atom is -0.406 e. The van der Waals surface area contributed by atoms with Gasteiger partial charge >= 0.3 is 6.64 Å². The molecule has 88 valence electrons. The topological polar surface area (TPSA) is 96.0 Å². The monoisotopic (exact) mass is 269 g/mol. The lowest BCUT2D eigenvalue weighted by atomic mass is 10.6. The highest BCUT2D eigenvalue weighted by Crippen LogP contribution is 2.39. The van der Waals surface area contributed by atoms with E-state index in [0.29, 0.717) is 0 Å². The molecule has 7 nitrogen and oxygen atoms in total. The molecule has 17 heavy (non-hydrogen) atoms. The first kappa shape index (κ1) is 11.8. The van der Waals surface area contributed by atoms with E-state index in [1.807, 2.05) is 0 Å². The van der Waals surface area contributed by atoms with E-state index >= 15 is 0 Å². The molecule has 2 N–H and O–H groups in total. The highest BCUT2D eigenvalue weighted by atomic mass is 32.5. The van der Waals surface area contributed by atoms with Crippen LogP contribution in [0.5, 0.6) is 11.8 Å². The first-order valence-electron chi connectivity index (χ1n) is 4.45. The number of aromatic nitrogens is 4. The summed E-state index contributed by atoms with van der Waals surface area (Å²) in [5.41, 5.74) is 5.74. The molecule has 2 aromatic heterocycles. The molecule has 2 aromatic rings. The van der Waals surface area contributed by atoms with Crippen LogP contribution in [0.3, 0.4) is 0 Å². The summed E-state index contributed by atoms with van der Waals surface area (Å²) in [4.78, 5) is 15.2. The van der Waals surface area contributed by atoms with Gasteiger partial charge in [0.2, 0.25) is 11.8 Å². The number of hydrogen-bond acceptors (Lipinski definition) is 7. The van der Waals surface area contributed by atoms with Gasteiger partial charge in [-0.25, -0.2) is 25.4 Å². The summed E-state index contributed by atoms with van der Waals surface area (Å²) >= 11 is 5.03. The van der Waals surface area contributed by atoms with Crippen molar-refractivity contribution < 1.29 is 9.05 Å². The zero-order valence-electron chi connectivity index (χ0n) is 8.50. The Kier molecular flexibility index (Phi) is 3.58. The average molecular weight is 269 g/mol. The standard InChI is InChI=1S/C8H8N5O2PS/c9-16(17,14-7-1-3-10-5-12-7)15-8-2-4-11-6-13-8/h1-6H,(H2,9,17). The van der Waals surface area contributed by atoms with Gasteiger partial charge in [-0.2, -0.15) is 0 Å². The summed E-state index contributed by atoms with van der Waals surface area (Å²) in [5, 5.41) is 0. The Balaban J connectivity index is 2.07. The Morgan fingerprint density at radius 2 is 1.47 bits per heavy atom. The van der Waals surface area contributed by atoms with Crippen LogP contribution < -0.4 is 14.6 Å². The van der Waals surface area contributed by atoms with Crippen LogP contribution in [0.25, 0.3) is 0 Å². The lowest BCUT2D eigenvalue weighted by Crippen LogP contribution is -2.10. The van der Waals surface area contributed by atoms with E-state index in [0.717, 1.165) is 0 Å². The number of nitrogens with zero attached hydrogens (tertiary/aromatic N) is 4. The average Bonchev–Trinajstić information content (AvgIpc) is 2.30. The van der Waals surface area contributed by atoms with Crippen molar-refractivity contribution in [3.05, 3.63) is 37.2 Å². The molecule has 0 saturated heterocycles. The summed E-state index contributed by atoms with van der Waals surface area (Å²) in [6.07, 6.45) is 5.69. The smallest absolute Gasteiger partial charge is 0.365 e. The third-order valence-electron chi connectivity index (χ3n) is 1.55. The number of hydrogen-bond donors (Lipinski definition) is 1. The lowest BCUT2D eigenvalue weighted by molar-refractivity contribution is 0.465. The third kappa shape index (κ3) is 3.70. The summed E-state index contributed by atoms with van der Waals surface area (Å²) in [5.74, 6) is 0.528. The van der Waals surface area contributed by atoms with Gasteiger partial charge in [-0.3, -0.25) is 0 Å². The van der Waals surface area contributed by atoms with Crippen LogP contribution in [0, 0.1) is 0 Å². The maximum atomic E-state index is 5.74. The Hall–Kier alpha value is -1.63. The van der Waals surface area contributed by atoms with Gasteiger partial charge in [-0.05, 0) is 0 Å². The van der Waals surface area contributed by atoms with Crippen molar-refractivity contribution in [3.8, 4) is 11.8 Å². The number of rotatable bonds is 4. The fourth-order valence-electron chi connectivity index (χ4n) is 0.944. The summed E-state index contributed by atoms with van der Waals surface area (Å²) < 4.78 is 10.6. The predicted molar refractivity (Wildman–Crippen MR) is 63.8 cm³/mol. The fourth-order valence-corrected chi connectivity index (χ4v) is 2.18. The minimum atomic E-state index is -2.98. The summed E-state index contributed by atoms with van der Waals surface area (Å²) in [6.45, 7) is -2.98. The van der Waals surface area contributed by atoms with E-state index in [-0.39, 0.29) is 11.8 Å². The molecule has 0 amide bonds. The van der Waals surface area contributed by atoms with Gasteiger partial charge in [0, 0.05) is 36.3 Å². The molecule has 2 rings (SSSR count). The minimum absolute atomic E-state index is 0.264. The summed E-state index contributed by atoms with van der Waals surface area (Å²) in [7, 11) is 0. The van der Waals surface area contributed by atoms with E-state index in [4.69, 9.17) is 26.4 Å². The van der Waals surface area contributed by atoms with Crippen molar-refractivity contribution >= 4 is 18.4 Å². The van der Waals surface area contributed by atoms with Crippen molar-refractivity contribution in [1.29, 1.82) is 0 Å². The van der Waals surface area contributed by atoms with Crippen molar-refractivity contribution in [2.45, 2.75) is 0 Å². The Bertz CT molecular complexity index is 480. The molecule has 0 atom stereocenters. The second-order valence-electron chi connectivity index (χ2n) is 2.82. The Labute approximate surface area is 102 Å². The van der Waals surface area contributed by atoms with Gasteiger partial charge in [-0.1, -0.05) is 0 Å². The molecule has 9 heteroatoms. The molecule has 0 aromatic carbocycles. The predicted octanol–water partition coefficient (Wildman–Crippen LogP) is 0.908. The van der Waals surface area contributed by atoms with Gasteiger partial charge in [0.1, 0.15) is 12.7 Å². The van der Waals surface area contributed by atoms with Gasteiger partial charge in [0.25, 0.3) is 0 Å². The third-order valence-corrected chi connectivity index (χ3v) is 2.88. The van der Waals surface area contributed by atoms with Gasteiger partial charge in [0.15, 0.2) is 0 Å². The van der Waals surface area contributed by atoms with Gasteiger partial charge in [0.05, 0.1) is 0 Å². The van der Waals surface area contributed by atoms with E-state index in [1.165, 1.54) is 37.2 Å². The first-order chi connectivity index (χ1) is 8.16. The van der Waals surface area contributed by atoms with Crippen LogP contribution in [0.2, 0.25) is 0 Å². The first-order valence-corrected chi connectivity index (χ1v) is 7.16. The molecule has 0 saturated carbocycles. The lowest BCUT2D eigenvalue weighted by Gasteiger charge is -2.16. The van der Waals surface area contributed by atoms with Crippen molar-refractivity contribution in [3.63, 3.8) is 0 Å². The van der Waals surface area contributed by atoms with Crippen LogP contribution in [-0.2, 0) is 11.8 Å². The molecule has 0 aliphatic rings. The normalized spacial score (nSPS) is 10.9. The van der Waals surface area contributed by atoms with Crippen LogP contribution in [0.15, 0.2) is 37.2 Å². The Morgan fingerprint density at radius 3 is 1.82 bits per heavy atom. The van der Waals surface area contributed by atoms with Crippen molar-refractivity contribution in [2.24, 2.45) is 5.50 Å². The summed E-state index contributed by atoms with van der Waals surface area (Å²) in [6, 6.07) is 3.08. The van der Waals surface area contributed by atoms with E-state index in [1.54, 1.807) is 0 Å². The molecule has 0 spiro atoms. The van der Waals surface area contributed by atoms with E-state index in [2.05, 4.69) is 19.9 Å². The molecule has 0 unspecified atom stereocenters. The SMILES string of the molecule is NP(=S)(Oc1ccncn1)Oc1ccncn1. The Morgan fingerprint density at radius 1 is 1.00 bits per heavy atom. The highest BCUT2D eigenvalue weighted by Gasteiger charge is 2.17. The van der Waals surface area contributed by atoms with Crippen LogP contribution in [0.4, 0.5) is 0 Å². The molecule has 0 aliphatic heterocycles. The fraction of sp³-hybridized carbons (Fsp3) is 0. The van der Waals surface area contributed by atoms with Crippen molar-refractivity contribution in [1.82, 2.24) is 19.9 Å². The second-order valence-corrected chi connectivity index (χ2v) is 5.79. The maximum absolute atomic E-state index is 5.74. The molecule has 0 bridgehead atoms. The molecule has 0 radical (unpaired) electrons. The zero-order chi connectivity index (χ0) is 12.1. The molecule has 0 fully saturated rings. The van der Waals surface area contributed by atoms with Gasteiger partial charge in [-0.15, -0.1) is 0 Å². The maximum Gasteiger partial charge on any atom is 0.365 e. The van der Waals surface area contributed by atoms with Crippen LogP contribution in [-0.4, -0.2) is 19.9 Å².